The van der Waals surface area contributed by atoms with Gasteiger partial charge >= 0.3 is 11.9 Å². The second kappa shape index (κ2) is 11.1. The smallest absolute Gasteiger partial charge is 0.358 e. The van der Waals surface area contributed by atoms with Crippen molar-refractivity contribution in [3.05, 3.63) is 47.3 Å². The Bertz CT molecular complexity index is 542. The third-order valence-electron chi connectivity index (χ3n) is 3.18. The number of nitrogens with zero attached hydrogens (tertiary/aromatic N) is 2. The first-order valence-corrected chi connectivity index (χ1v) is 7.33. The van der Waals surface area contributed by atoms with Gasteiger partial charge in [-0.3, -0.25) is 9.98 Å². The van der Waals surface area contributed by atoms with E-state index in [2.05, 4.69) is 48.1 Å². The third kappa shape index (κ3) is 8.50. The van der Waals surface area contributed by atoms with Crippen molar-refractivity contribution in [3.8, 4) is 0 Å². The second-order valence-electron chi connectivity index (χ2n) is 4.83. The highest BCUT2D eigenvalue weighted by Gasteiger charge is 2.05. The van der Waals surface area contributed by atoms with Crippen LogP contribution in [0.5, 0.6) is 0 Å². The monoisotopic (exact) mass is 322 g/mol. The predicted molar refractivity (Wildman–Crippen MR) is 94.1 cm³/mol. The zero-order valence-electron chi connectivity index (χ0n) is 14.1. The lowest BCUT2D eigenvalue weighted by molar-refractivity contribution is 0.0883. The van der Waals surface area contributed by atoms with E-state index in [0.29, 0.717) is 0 Å². The van der Waals surface area contributed by atoms with Gasteiger partial charge in [0.1, 0.15) is 0 Å². The highest BCUT2D eigenvalue weighted by molar-refractivity contribution is 6.42. The normalized spacial score (nSPS) is 11.5. The summed E-state index contributed by atoms with van der Waals surface area (Å²) in [5.74, 6) is -2.93. The highest BCUT2D eigenvalue weighted by Crippen LogP contribution is 2.07. The first-order valence-electron chi connectivity index (χ1n) is 7.33. The maximum absolute atomic E-state index is 7.56. The molecule has 0 aliphatic rings. The van der Waals surface area contributed by atoms with Gasteiger partial charge in [-0.1, -0.05) is 36.8 Å². The molecule has 0 saturated carbocycles. The zero-order valence-corrected chi connectivity index (χ0v) is 14.1. The molecule has 6 heteroatoms. The summed E-state index contributed by atoms with van der Waals surface area (Å²) >= 11 is 0. The van der Waals surface area contributed by atoms with Gasteiger partial charge in [-0.2, -0.15) is 0 Å². The Kier molecular flexibility index (Phi) is 9.91. The fourth-order valence-electron chi connectivity index (χ4n) is 1.89. The average molecular weight is 322 g/mol. The van der Waals surface area contributed by atoms with Gasteiger partial charge in [0.15, 0.2) is 0 Å². The van der Waals surface area contributed by atoms with Crippen LogP contribution in [0.2, 0.25) is 0 Å². The van der Waals surface area contributed by atoms with Gasteiger partial charge in [-0.25, -0.2) is 0 Å². The van der Waals surface area contributed by atoms with E-state index in [9.17, 15) is 0 Å². The molecule has 128 valence electrons. The number of hydrogen-bond donors (Lipinski definition) is 4. The SMILES string of the molecule is CCC(=NC)C(CCc1ccc(C)cc1)=NC.OC(O)=C(O)O. The first kappa shape index (κ1) is 20.5. The van der Waals surface area contributed by atoms with Crippen LogP contribution in [0.3, 0.4) is 0 Å². The molecule has 0 amide bonds. The lowest BCUT2D eigenvalue weighted by atomic mass is 10.0. The number of aliphatic hydroxyl groups is 4. The highest BCUT2D eigenvalue weighted by atomic mass is 16.5. The molecule has 0 heterocycles. The van der Waals surface area contributed by atoms with Crippen LogP contribution in [0.15, 0.2) is 46.1 Å². The van der Waals surface area contributed by atoms with E-state index in [0.717, 1.165) is 30.7 Å². The molecule has 0 bridgehead atoms. The third-order valence-corrected chi connectivity index (χ3v) is 3.18. The van der Waals surface area contributed by atoms with Gasteiger partial charge < -0.3 is 20.4 Å². The van der Waals surface area contributed by atoms with Crippen molar-refractivity contribution in [2.24, 2.45) is 9.98 Å². The van der Waals surface area contributed by atoms with Gasteiger partial charge in [-0.15, -0.1) is 0 Å². The van der Waals surface area contributed by atoms with E-state index in [-0.39, 0.29) is 0 Å². The average Bonchev–Trinajstić information content (AvgIpc) is 2.53. The Morgan fingerprint density at radius 3 is 1.70 bits per heavy atom. The molecule has 4 N–H and O–H groups in total. The number of hydrogen-bond acceptors (Lipinski definition) is 6. The molecule has 1 aromatic rings. The van der Waals surface area contributed by atoms with E-state index in [1.807, 2.05) is 14.1 Å². The fraction of sp³-hybridized carbons (Fsp3) is 0.412. The maximum Gasteiger partial charge on any atom is 0.358 e. The van der Waals surface area contributed by atoms with E-state index in [4.69, 9.17) is 20.4 Å². The van der Waals surface area contributed by atoms with Crippen molar-refractivity contribution >= 4 is 11.4 Å². The van der Waals surface area contributed by atoms with Gasteiger partial charge in [0.25, 0.3) is 0 Å². The predicted octanol–water partition coefficient (Wildman–Crippen LogP) is 3.82. The zero-order chi connectivity index (χ0) is 17.8. The van der Waals surface area contributed by atoms with Crippen molar-refractivity contribution in [2.75, 3.05) is 14.1 Å². The Balaban J connectivity index is 0.000000688. The minimum absolute atomic E-state index is 0.955. The van der Waals surface area contributed by atoms with Crippen LogP contribution >= 0.6 is 0 Å². The minimum atomic E-state index is -1.46. The molecule has 23 heavy (non-hydrogen) atoms. The quantitative estimate of drug-likeness (QED) is 0.488. The summed E-state index contributed by atoms with van der Waals surface area (Å²) in [7, 11) is 3.70. The van der Waals surface area contributed by atoms with Crippen molar-refractivity contribution in [3.63, 3.8) is 0 Å². The van der Waals surface area contributed by atoms with E-state index < -0.39 is 11.9 Å². The molecular weight excluding hydrogens is 296 g/mol. The van der Waals surface area contributed by atoms with Gasteiger partial charge in [-0.05, 0) is 31.7 Å². The molecule has 1 aromatic carbocycles. The van der Waals surface area contributed by atoms with E-state index in [1.165, 1.54) is 11.1 Å². The molecule has 0 aromatic heterocycles. The van der Waals surface area contributed by atoms with Crippen LogP contribution in [0, 0.1) is 6.92 Å². The van der Waals surface area contributed by atoms with Crippen molar-refractivity contribution in [2.45, 2.75) is 33.1 Å². The first-order chi connectivity index (χ1) is 10.8. The number of benzene rings is 1. The Labute approximate surface area is 137 Å². The Morgan fingerprint density at radius 1 is 0.870 bits per heavy atom. The fourth-order valence-corrected chi connectivity index (χ4v) is 1.89. The molecule has 0 atom stereocenters. The Hall–Kier alpha value is -2.50. The summed E-state index contributed by atoms with van der Waals surface area (Å²) in [6, 6.07) is 8.70. The second-order valence-corrected chi connectivity index (χ2v) is 4.83. The summed E-state index contributed by atoms with van der Waals surface area (Å²) < 4.78 is 0. The summed E-state index contributed by atoms with van der Waals surface area (Å²) in [6.45, 7) is 4.24. The maximum atomic E-state index is 7.56. The van der Waals surface area contributed by atoms with Crippen molar-refractivity contribution < 1.29 is 20.4 Å². The van der Waals surface area contributed by atoms with Crippen LogP contribution in [-0.2, 0) is 6.42 Å². The van der Waals surface area contributed by atoms with Crippen LogP contribution in [-0.4, -0.2) is 45.9 Å². The molecule has 1 rings (SSSR count). The summed E-state index contributed by atoms with van der Waals surface area (Å²) in [4.78, 5) is 8.64. The molecule has 6 nitrogen and oxygen atoms in total. The molecule has 0 fully saturated rings. The van der Waals surface area contributed by atoms with Crippen LogP contribution in [0.25, 0.3) is 0 Å². The number of aliphatic imine (C=N–C) groups is 2. The van der Waals surface area contributed by atoms with Gasteiger partial charge in [0.05, 0.1) is 11.4 Å². The number of aryl methyl sites for hydroxylation is 2. The Morgan fingerprint density at radius 2 is 1.35 bits per heavy atom. The standard InChI is InChI=1S/C15H22N2.C2H4O4/c1-5-14(16-3)15(17-4)11-10-13-8-6-12(2)7-9-13;3-1(4)2(5)6/h6-9H,5,10-11H2,1-4H3;3-6H. The summed E-state index contributed by atoms with van der Waals surface area (Å²) in [5, 5.41) is 30.3. The lowest BCUT2D eigenvalue weighted by Gasteiger charge is -2.07. The molecule has 0 aliphatic carbocycles. The van der Waals surface area contributed by atoms with Crippen LogP contribution in [0.1, 0.15) is 30.9 Å². The van der Waals surface area contributed by atoms with E-state index >= 15 is 0 Å². The van der Waals surface area contributed by atoms with Crippen LogP contribution < -0.4 is 0 Å². The molecule has 0 unspecified atom stereocenters. The largest absolute Gasteiger partial charge is 0.476 e. The molecular formula is C17H26N2O4. The van der Waals surface area contributed by atoms with Crippen molar-refractivity contribution in [1.29, 1.82) is 0 Å². The molecule has 0 spiro atoms. The minimum Gasteiger partial charge on any atom is -0.476 e. The molecule has 0 aliphatic heterocycles. The summed E-state index contributed by atoms with van der Waals surface area (Å²) in [6.07, 6.45) is 2.96. The van der Waals surface area contributed by atoms with Crippen molar-refractivity contribution in [1.82, 2.24) is 0 Å². The van der Waals surface area contributed by atoms with Gasteiger partial charge in [0.2, 0.25) is 0 Å². The molecule has 0 radical (unpaired) electrons. The van der Waals surface area contributed by atoms with E-state index in [1.54, 1.807) is 0 Å². The summed E-state index contributed by atoms with van der Waals surface area (Å²) in [5.41, 5.74) is 4.93. The van der Waals surface area contributed by atoms with Gasteiger partial charge in [0, 0.05) is 14.1 Å². The topological polar surface area (TPSA) is 106 Å². The lowest BCUT2D eigenvalue weighted by Crippen LogP contribution is -2.14. The molecule has 0 saturated heterocycles. The number of aliphatic hydroxyl groups excluding tert-OH is 2. The van der Waals surface area contributed by atoms with Crippen LogP contribution in [0.4, 0.5) is 0 Å². The number of rotatable bonds is 5.